The number of amides is 1. The third-order valence-corrected chi connectivity index (χ3v) is 2.84. The van der Waals surface area contributed by atoms with Gasteiger partial charge in [-0.25, -0.2) is 4.98 Å². The fourth-order valence-corrected chi connectivity index (χ4v) is 1.71. The van der Waals surface area contributed by atoms with Crippen molar-refractivity contribution in [2.75, 3.05) is 20.7 Å². The molecule has 0 N–H and O–H groups in total. The van der Waals surface area contributed by atoms with E-state index in [0.29, 0.717) is 12.2 Å². The maximum absolute atomic E-state index is 11.8. The molecule has 0 aliphatic carbocycles. The molecule has 1 aromatic rings. The Kier molecular flexibility index (Phi) is 4.42. The second-order valence-corrected chi connectivity index (χ2v) is 4.37. The van der Waals surface area contributed by atoms with Crippen molar-refractivity contribution >= 4 is 23.2 Å². The van der Waals surface area contributed by atoms with Gasteiger partial charge in [-0.3, -0.25) is 9.59 Å². The first-order valence-electron chi connectivity index (χ1n) is 4.79. The molecule has 0 unspecified atom stereocenters. The number of hydrogen-bond acceptors (Lipinski definition) is 5. The summed E-state index contributed by atoms with van der Waals surface area (Å²) in [6.07, 6.45) is 0.196. The number of esters is 1. The van der Waals surface area contributed by atoms with E-state index >= 15 is 0 Å². The van der Waals surface area contributed by atoms with Crippen LogP contribution in [0.25, 0.3) is 0 Å². The quantitative estimate of drug-likeness (QED) is 0.741. The van der Waals surface area contributed by atoms with E-state index in [0.717, 1.165) is 5.01 Å². The zero-order valence-electron chi connectivity index (χ0n) is 9.52. The number of carbonyl (C=O) groups excluding carboxylic acids is 2. The summed E-state index contributed by atoms with van der Waals surface area (Å²) in [5.74, 6) is -0.498. The topological polar surface area (TPSA) is 59.5 Å². The zero-order chi connectivity index (χ0) is 12.1. The van der Waals surface area contributed by atoms with E-state index in [9.17, 15) is 9.59 Å². The number of methoxy groups -OCH3 is 1. The Hall–Kier alpha value is -1.43. The van der Waals surface area contributed by atoms with Crippen molar-refractivity contribution in [3.05, 3.63) is 16.1 Å². The van der Waals surface area contributed by atoms with Gasteiger partial charge in [-0.15, -0.1) is 11.3 Å². The minimum atomic E-state index is -0.325. The molecule has 0 aromatic carbocycles. The van der Waals surface area contributed by atoms with Crippen LogP contribution >= 0.6 is 11.3 Å². The molecule has 0 saturated carbocycles. The van der Waals surface area contributed by atoms with Crippen LogP contribution in [0.15, 0.2) is 5.38 Å². The van der Waals surface area contributed by atoms with Gasteiger partial charge in [0.15, 0.2) is 0 Å². The summed E-state index contributed by atoms with van der Waals surface area (Å²) in [6.45, 7) is 2.18. The van der Waals surface area contributed by atoms with E-state index in [1.165, 1.54) is 23.3 Å². The molecule has 0 bridgehead atoms. The molecular weight excluding hydrogens is 228 g/mol. The van der Waals surface area contributed by atoms with Crippen LogP contribution in [-0.2, 0) is 9.53 Å². The lowest BCUT2D eigenvalue weighted by Gasteiger charge is -2.14. The van der Waals surface area contributed by atoms with Gasteiger partial charge < -0.3 is 9.64 Å². The largest absolute Gasteiger partial charge is 0.469 e. The molecule has 0 spiro atoms. The number of nitrogens with zero attached hydrogens (tertiary/aromatic N) is 2. The molecule has 88 valence electrons. The fraction of sp³-hybridized carbons (Fsp3) is 0.500. The van der Waals surface area contributed by atoms with E-state index in [4.69, 9.17) is 0 Å². The average molecular weight is 242 g/mol. The lowest BCUT2D eigenvalue weighted by Crippen LogP contribution is -2.29. The zero-order valence-corrected chi connectivity index (χ0v) is 10.3. The lowest BCUT2D eigenvalue weighted by molar-refractivity contribution is -0.140. The number of ether oxygens (including phenoxy) is 1. The first-order valence-corrected chi connectivity index (χ1v) is 5.67. The summed E-state index contributed by atoms with van der Waals surface area (Å²) < 4.78 is 4.50. The summed E-state index contributed by atoms with van der Waals surface area (Å²) in [4.78, 5) is 28.2. The Balaban J connectivity index is 2.51. The van der Waals surface area contributed by atoms with E-state index in [1.807, 2.05) is 6.92 Å². The van der Waals surface area contributed by atoms with E-state index in [2.05, 4.69) is 9.72 Å². The van der Waals surface area contributed by atoms with Crippen LogP contribution in [0.2, 0.25) is 0 Å². The minimum Gasteiger partial charge on any atom is -0.469 e. The molecule has 6 heteroatoms. The van der Waals surface area contributed by atoms with Gasteiger partial charge in [0.2, 0.25) is 0 Å². The number of aryl methyl sites for hydroxylation is 1. The van der Waals surface area contributed by atoms with Gasteiger partial charge in [0, 0.05) is 19.0 Å². The van der Waals surface area contributed by atoms with Gasteiger partial charge in [0.1, 0.15) is 5.69 Å². The Morgan fingerprint density at radius 1 is 1.56 bits per heavy atom. The first kappa shape index (κ1) is 12.6. The highest BCUT2D eigenvalue weighted by Gasteiger charge is 2.15. The highest BCUT2D eigenvalue weighted by Crippen LogP contribution is 2.10. The molecule has 0 saturated heterocycles. The van der Waals surface area contributed by atoms with Crippen LogP contribution in [0.1, 0.15) is 21.9 Å². The molecule has 16 heavy (non-hydrogen) atoms. The Bertz CT molecular complexity index is 389. The van der Waals surface area contributed by atoms with Gasteiger partial charge >= 0.3 is 5.97 Å². The van der Waals surface area contributed by atoms with Gasteiger partial charge in [-0.05, 0) is 6.92 Å². The van der Waals surface area contributed by atoms with Crippen molar-refractivity contribution in [1.82, 2.24) is 9.88 Å². The first-order chi connectivity index (χ1) is 7.54. The van der Waals surface area contributed by atoms with Crippen LogP contribution in [-0.4, -0.2) is 42.5 Å². The van der Waals surface area contributed by atoms with Gasteiger partial charge in [0.25, 0.3) is 5.91 Å². The summed E-state index contributed by atoms with van der Waals surface area (Å²) in [7, 11) is 2.97. The predicted octanol–water partition coefficient (Wildman–Crippen LogP) is 1.09. The maximum atomic E-state index is 11.8. The molecule has 1 aromatic heterocycles. The fourth-order valence-electron chi connectivity index (χ4n) is 1.12. The smallest absolute Gasteiger partial charge is 0.307 e. The SMILES string of the molecule is COC(=O)CCN(C)C(=O)c1csc(C)n1. The maximum Gasteiger partial charge on any atom is 0.307 e. The van der Waals surface area contributed by atoms with E-state index < -0.39 is 0 Å². The lowest BCUT2D eigenvalue weighted by atomic mass is 10.3. The standard InChI is InChI=1S/C10H14N2O3S/c1-7-11-8(6-16-7)10(14)12(2)5-4-9(13)15-3/h6H,4-5H2,1-3H3. The Morgan fingerprint density at radius 2 is 2.25 bits per heavy atom. The summed E-state index contributed by atoms with van der Waals surface area (Å²) in [6, 6.07) is 0. The van der Waals surface area contributed by atoms with Crippen LogP contribution in [0, 0.1) is 6.92 Å². The molecule has 1 amide bonds. The van der Waals surface area contributed by atoms with E-state index in [-0.39, 0.29) is 18.3 Å². The average Bonchev–Trinajstić information content (AvgIpc) is 2.71. The molecule has 0 fully saturated rings. The predicted molar refractivity (Wildman–Crippen MR) is 60.4 cm³/mol. The van der Waals surface area contributed by atoms with Crippen molar-refractivity contribution in [3.63, 3.8) is 0 Å². The van der Waals surface area contributed by atoms with E-state index in [1.54, 1.807) is 12.4 Å². The van der Waals surface area contributed by atoms with Crippen LogP contribution in [0.3, 0.4) is 0 Å². The molecule has 0 radical (unpaired) electrons. The molecule has 1 heterocycles. The van der Waals surface area contributed by atoms with Gasteiger partial charge in [0.05, 0.1) is 18.5 Å². The highest BCUT2D eigenvalue weighted by molar-refractivity contribution is 7.09. The van der Waals surface area contributed by atoms with Crippen molar-refractivity contribution < 1.29 is 14.3 Å². The molecular formula is C10H14N2O3S. The van der Waals surface area contributed by atoms with Crippen molar-refractivity contribution in [2.45, 2.75) is 13.3 Å². The molecule has 0 aliphatic rings. The highest BCUT2D eigenvalue weighted by atomic mass is 32.1. The van der Waals surface area contributed by atoms with Crippen molar-refractivity contribution in [3.8, 4) is 0 Å². The van der Waals surface area contributed by atoms with Gasteiger partial charge in [-0.1, -0.05) is 0 Å². The van der Waals surface area contributed by atoms with Gasteiger partial charge in [-0.2, -0.15) is 0 Å². The number of carbonyl (C=O) groups is 2. The monoisotopic (exact) mass is 242 g/mol. The minimum absolute atomic E-state index is 0.173. The normalized spacial score (nSPS) is 9.94. The third-order valence-electron chi connectivity index (χ3n) is 2.06. The Labute approximate surface area is 98.0 Å². The number of hydrogen-bond donors (Lipinski definition) is 0. The summed E-state index contributed by atoms with van der Waals surface area (Å²) >= 11 is 1.43. The Morgan fingerprint density at radius 3 is 2.75 bits per heavy atom. The number of aromatic nitrogens is 1. The summed E-state index contributed by atoms with van der Waals surface area (Å²) in [5.41, 5.74) is 0.426. The second kappa shape index (κ2) is 5.60. The molecule has 0 aliphatic heterocycles. The number of thiazole rings is 1. The molecule has 1 rings (SSSR count). The van der Waals surface area contributed by atoms with Crippen molar-refractivity contribution in [2.24, 2.45) is 0 Å². The van der Waals surface area contributed by atoms with Crippen LogP contribution in [0.5, 0.6) is 0 Å². The van der Waals surface area contributed by atoms with Crippen LogP contribution in [0.4, 0.5) is 0 Å². The number of rotatable bonds is 4. The molecule has 0 atom stereocenters. The van der Waals surface area contributed by atoms with Crippen molar-refractivity contribution in [1.29, 1.82) is 0 Å². The summed E-state index contributed by atoms with van der Waals surface area (Å²) in [5, 5.41) is 2.57. The van der Waals surface area contributed by atoms with Crippen LogP contribution < -0.4 is 0 Å². The second-order valence-electron chi connectivity index (χ2n) is 3.30. The molecule has 5 nitrogen and oxygen atoms in total. The third kappa shape index (κ3) is 3.30.